The third-order valence-corrected chi connectivity index (χ3v) is 5.06. The number of nitrogens with two attached hydrogens (primary N) is 1. The number of benzene rings is 1. The highest BCUT2D eigenvalue weighted by Gasteiger charge is 2.43. The number of carbonyl (C=O) groups excluding carboxylic acids is 1. The summed E-state index contributed by atoms with van der Waals surface area (Å²) in [7, 11) is 0. The fourth-order valence-electron chi connectivity index (χ4n) is 3.77. The lowest BCUT2D eigenvalue weighted by Gasteiger charge is -2.37. The van der Waals surface area contributed by atoms with E-state index >= 15 is 0 Å². The molecule has 1 aliphatic heterocycles. The maximum atomic E-state index is 13.0. The van der Waals surface area contributed by atoms with Crippen LogP contribution in [0.15, 0.2) is 47.1 Å². The van der Waals surface area contributed by atoms with Crippen LogP contribution in [0.3, 0.4) is 0 Å². The summed E-state index contributed by atoms with van der Waals surface area (Å²) in [6, 6.07) is 9.72. The van der Waals surface area contributed by atoms with Crippen molar-refractivity contribution in [3.8, 4) is 11.8 Å². The Morgan fingerprint density at radius 3 is 2.78 bits per heavy atom. The molecule has 0 aromatic heterocycles. The fourth-order valence-corrected chi connectivity index (χ4v) is 3.77. The molecule has 1 aromatic rings. The van der Waals surface area contributed by atoms with E-state index < -0.39 is 5.92 Å². The van der Waals surface area contributed by atoms with Gasteiger partial charge in [-0.25, -0.2) is 0 Å². The first-order chi connectivity index (χ1) is 12.9. The second kappa shape index (κ2) is 7.48. The van der Waals surface area contributed by atoms with Crippen molar-refractivity contribution in [2.45, 2.75) is 52.4 Å². The lowest BCUT2D eigenvalue weighted by molar-refractivity contribution is -0.119. The smallest absolute Gasteiger partial charge is 0.205 e. The number of rotatable bonds is 5. The highest BCUT2D eigenvalue weighted by atomic mass is 16.5. The molecule has 0 bridgehead atoms. The minimum absolute atomic E-state index is 0.00913. The van der Waals surface area contributed by atoms with Crippen LogP contribution >= 0.6 is 0 Å². The zero-order valence-electron chi connectivity index (χ0n) is 16.2. The number of nitrogens with zero attached hydrogens (tertiary/aromatic N) is 1. The van der Waals surface area contributed by atoms with Gasteiger partial charge in [0, 0.05) is 24.0 Å². The van der Waals surface area contributed by atoms with Crippen LogP contribution in [0.25, 0.3) is 0 Å². The average Bonchev–Trinajstić information content (AvgIpc) is 2.60. The predicted octanol–water partition coefficient (Wildman–Crippen LogP) is 4.32. The van der Waals surface area contributed by atoms with Crippen LogP contribution < -0.4 is 10.5 Å². The van der Waals surface area contributed by atoms with E-state index in [-0.39, 0.29) is 22.7 Å². The van der Waals surface area contributed by atoms with Crippen molar-refractivity contribution in [3.05, 3.63) is 52.6 Å². The Hall–Kier alpha value is -2.74. The zero-order chi connectivity index (χ0) is 19.6. The van der Waals surface area contributed by atoms with Crippen LogP contribution in [0.1, 0.15) is 57.9 Å². The molecular weight excluding hydrogens is 340 g/mol. The van der Waals surface area contributed by atoms with E-state index in [1.165, 1.54) is 0 Å². The van der Waals surface area contributed by atoms with Gasteiger partial charge in [-0.2, -0.15) is 5.26 Å². The van der Waals surface area contributed by atoms with Crippen molar-refractivity contribution >= 4 is 5.78 Å². The van der Waals surface area contributed by atoms with Gasteiger partial charge < -0.3 is 15.2 Å². The maximum absolute atomic E-state index is 13.0. The van der Waals surface area contributed by atoms with Gasteiger partial charge in [-0.3, -0.25) is 4.79 Å². The van der Waals surface area contributed by atoms with Crippen LogP contribution in [-0.2, 0) is 9.53 Å². The Kier molecular flexibility index (Phi) is 5.27. The van der Waals surface area contributed by atoms with Crippen LogP contribution in [0.5, 0.6) is 5.75 Å². The van der Waals surface area contributed by atoms with Gasteiger partial charge in [0.2, 0.25) is 5.88 Å². The molecule has 1 atom stereocenters. The Labute approximate surface area is 160 Å². The monoisotopic (exact) mass is 366 g/mol. The van der Waals surface area contributed by atoms with E-state index in [0.29, 0.717) is 36.5 Å². The molecule has 0 saturated heterocycles. The highest BCUT2D eigenvalue weighted by molar-refractivity contribution is 6.00. The largest absolute Gasteiger partial charge is 0.493 e. The van der Waals surface area contributed by atoms with Crippen LogP contribution in [-0.4, -0.2) is 12.4 Å². The number of Topliss-reactive ketones (excluding diaryl/α,β-unsaturated/α-hetero) is 1. The van der Waals surface area contributed by atoms with E-state index in [1.54, 1.807) is 0 Å². The Bertz CT molecular complexity index is 859. The number of hydrogen-bond donors (Lipinski definition) is 1. The molecule has 3 rings (SSSR count). The van der Waals surface area contributed by atoms with Crippen LogP contribution in [0.2, 0.25) is 0 Å². The number of unbranched alkanes of at least 4 members (excludes halogenated alkanes) is 1. The first-order valence-electron chi connectivity index (χ1n) is 9.43. The molecule has 0 saturated carbocycles. The molecule has 1 aromatic carbocycles. The number of carbonyl (C=O) groups is 1. The summed E-state index contributed by atoms with van der Waals surface area (Å²) < 4.78 is 11.7. The molecule has 5 nitrogen and oxygen atoms in total. The molecule has 142 valence electrons. The summed E-state index contributed by atoms with van der Waals surface area (Å²) in [5, 5.41) is 9.73. The number of hydrogen-bond acceptors (Lipinski definition) is 5. The van der Waals surface area contributed by atoms with Crippen molar-refractivity contribution in [2.24, 2.45) is 11.1 Å². The fraction of sp³-hybridized carbons (Fsp3) is 0.455. The highest BCUT2D eigenvalue weighted by Crippen LogP contribution is 2.49. The Balaban J connectivity index is 2.11. The Morgan fingerprint density at radius 2 is 2.07 bits per heavy atom. The van der Waals surface area contributed by atoms with E-state index in [1.807, 2.05) is 38.1 Å². The van der Waals surface area contributed by atoms with Crippen LogP contribution in [0.4, 0.5) is 0 Å². The van der Waals surface area contributed by atoms with Crippen molar-refractivity contribution in [1.29, 1.82) is 5.26 Å². The van der Waals surface area contributed by atoms with Crippen LogP contribution in [0, 0.1) is 16.7 Å². The first kappa shape index (κ1) is 19.0. The predicted molar refractivity (Wildman–Crippen MR) is 103 cm³/mol. The van der Waals surface area contributed by atoms with E-state index in [4.69, 9.17) is 15.2 Å². The molecule has 1 aliphatic carbocycles. The molecular formula is C22H26N2O3. The number of allylic oxidation sites excluding steroid dienone is 3. The van der Waals surface area contributed by atoms with Gasteiger partial charge in [0.15, 0.2) is 5.78 Å². The number of nitriles is 1. The summed E-state index contributed by atoms with van der Waals surface area (Å²) in [6.07, 6.45) is 3.00. The number of ketones is 1. The topological polar surface area (TPSA) is 85.3 Å². The minimum Gasteiger partial charge on any atom is -0.493 e. The zero-order valence-corrected chi connectivity index (χ0v) is 16.2. The van der Waals surface area contributed by atoms with Gasteiger partial charge in [0.25, 0.3) is 0 Å². The SMILES string of the molecule is CCCCOc1ccccc1[C@H]1C(C#N)=C(N)OC2=C1C(=O)CC(C)(C)C2. The molecule has 27 heavy (non-hydrogen) atoms. The van der Waals surface area contributed by atoms with E-state index in [9.17, 15) is 10.1 Å². The molecule has 0 amide bonds. The van der Waals surface area contributed by atoms with Gasteiger partial charge in [-0.1, -0.05) is 45.4 Å². The van der Waals surface area contributed by atoms with Crippen molar-refractivity contribution in [1.82, 2.24) is 0 Å². The Morgan fingerprint density at radius 1 is 1.33 bits per heavy atom. The summed E-state index contributed by atoms with van der Waals surface area (Å²) in [4.78, 5) is 13.0. The lowest BCUT2D eigenvalue weighted by atomic mass is 9.70. The maximum Gasteiger partial charge on any atom is 0.205 e. The third kappa shape index (κ3) is 3.71. The molecule has 2 N–H and O–H groups in total. The van der Waals surface area contributed by atoms with Gasteiger partial charge in [0.1, 0.15) is 23.2 Å². The molecule has 1 heterocycles. The minimum atomic E-state index is -0.542. The van der Waals surface area contributed by atoms with E-state index in [0.717, 1.165) is 18.4 Å². The summed E-state index contributed by atoms with van der Waals surface area (Å²) in [6.45, 7) is 6.76. The van der Waals surface area contributed by atoms with Gasteiger partial charge in [-0.05, 0) is 17.9 Å². The van der Waals surface area contributed by atoms with Gasteiger partial charge in [-0.15, -0.1) is 0 Å². The van der Waals surface area contributed by atoms with Crippen molar-refractivity contribution in [2.75, 3.05) is 6.61 Å². The molecule has 0 fully saturated rings. The summed E-state index contributed by atoms with van der Waals surface area (Å²) in [5.41, 5.74) is 7.49. The van der Waals surface area contributed by atoms with Gasteiger partial charge >= 0.3 is 0 Å². The van der Waals surface area contributed by atoms with E-state index in [2.05, 4.69) is 13.0 Å². The average molecular weight is 366 g/mol. The standard InChI is InChI=1S/C22H26N2O3/c1-4-5-10-26-17-9-7-6-8-14(17)19-15(13-23)21(24)27-18-12-22(2,3)11-16(25)20(18)19/h6-9,19H,4-5,10-12,24H2,1-3H3/t19-/m0/s1. The lowest BCUT2D eigenvalue weighted by Crippen LogP contribution is -2.33. The molecule has 0 spiro atoms. The molecule has 2 aliphatic rings. The second-order valence-electron chi connectivity index (χ2n) is 7.94. The number of para-hydroxylation sites is 1. The van der Waals surface area contributed by atoms with Crippen molar-refractivity contribution < 1.29 is 14.3 Å². The summed E-state index contributed by atoms with van der Waals surface area (Å²) in [5.74, 6) is 0.814. The molecule has 0 unspecified atom stereocenters. The summed E-state index contributed by atoms with van der Waals surface area (Å²) >= 11 is 0. The normalized spacial score (nSPS) is 21.4. The molecule has 5 heteroatoms. The van der Waals surface area contributed by atoms with Crippen molar-refractivity contribution in [3.63, 3.8) is 0 Å². The quantitative estimate of drug-likeness (QED) is 0.785. The first-order valence-corrected chi connectivity index (χ1v) is 9.43. The number of ether oxygens (including phenoxy) is 2. The molecule has 0 radical (unpaired) electrons. The second-order valence-corrected chi connectivity index (χ2v) is 7.94. The van der Waals surface area contributed by atoms with Gasteiger partial charge in [0.05, 0.1) is 12.5 Å². The third-order valence-electron chi connectivity index (χ3n) is 5.06.